The molecule has 0 amide bonds. The molecular weight excluding hydrogens is 285 g/mol. The Kier molecular flexibility index (Phi) is 3.31. The molecule has 4 aliphatic carbocycles. The van der Waals surface area contributed by atoms with Crippen LogP contribution >= 0.6 is 11.6 Å². The average Bonchev–Trinajstić information content (AvgIpc) is 2.41. The Morgan fingerprint density at radius 2 is 1.71 bits per heavy atom. The molecule has 3 heteroatoms. The van der Waals surface area contributed by atoms with Crippen LogP contribution < -0.4 is 5.73 Å². The summed E-state index contributed by atoms with van der Waals surface area (Å²) in [7, 11) is 0. The molecule has 0 heterocycles. The molecule has 1 aromatic rings. The van der Waals surface area contributed by atoms with Crippen molar-refractivity contribution in [3.63, 3.8) is 0 Å². The van der Waals surface area contributed by atoms with Crippen LogP contribution in [0.4, 0.5) is 4.39 Å². The van der Waals surface area contributed by atoms with E-state index in [4.69, 9.17) is 17.3 Å². The molecule has 2 N–H and O–H groups in total. The van der Waals surface area contributed by atoms with Crippen LogP contribution in [0.15, 0.2) is 18.2 Å². The first kappa shape index (κ1) is 14.0. The van der Waals surface area contributed by atoms with Gasteiger partial charge in [0.1, 0.15) is 5.82 Å². The van der Waals surface area contributed by atoms with Crippen LogP contribution in [-0.4, -0.2) is 6.04 Å². The van der Waals surface area contributed by atoms with Crippen molar-refractivity contribution in [1.82, 2.24) is 0 Å². The summed E-state index contributed by atoms with van der Waals surface area (Å²) >= 11 is 6.01. The van der Waals surface area contributed by atoms with Crippen molar-refractivity contribution in [1.29, 1.82) is 0 Å². The normalized spacial score (nSPS) is 38.7. The average molecular weight is 308 g/mol. The summed E-state index contributed by atoms with van der Waals surface area (Å²) < 4.78 is 14.0. The summed E-state index contributed by atoms with van der Waals surface area (Å²) in [6.07, 6.45) is 8.66. The lowest BCUT2D eigenvalue weighted by Crippen LogP contribution is -2.55. The summed E-state index contributed by atoms with van der Waals surface area (Å²) in [6.45, 7) is 0. The summed E-state index contributed by atoms with van der Waals surface area (Å²) in [4.78, 5) is 0. The van der Waals surface area contributed by atoms with Crippen LogP contribution in [0.1, 0.15) is 44.1 Å². The van der Waals surface area contributed by atoms with Crippen LogP contribution in [0.25, 0.3) is 0 Å². The predicted molar refractivity (Wildman–Crippen MR) is 83.7 cm³/mol. The van der Waals surface area contributed by atoms with E-state index in [9.17, 15) is 4.39 Å². The first-order valence-corrected chi connectivity index (χ1v) is 8.61. The van der Waals surface area contributed by atoms with Crippen LogP contribution in [-0.2, 0) is 6.42 Å². The largest absolute Gasteiger partial charge is 0.327 e. The zero-order valence-electron chi connectivity index (χ0n) is 12.3. The van der Waals surface area contributed by atoms with Gasteiger partial charge in [-0.3, -0.25) is 0 Å². The Balaban J connectivity index is 1.57. The Labute approximate surface area is 131 Å². The molecular formula is C18H23ClFN. The lowest BCUT2D eigenvalue weighted by molar-refractivity contribution is -0.0668. The highest BCUT2D eigenvalue weighted by molar-refractivity contribution is 6.30. The molecule has 1 aromatic carbocycles. The molecule has 0 aliphatic heterocycles. The topological polar surface area (TPSA) is 26.0 Å². The molecule has 114 valence electrons. The lowest BCUT2D eigenvalue weighted by Gasteiger charge is -2.59. The minimum absolute atomic E-state index is 0.0684. The van der Waals surface area contributed by atoms with E-state index in [2.05, 4.69) is 0 Å². The van der Waals surface area contributed by atoms with E-state index in [1.807, 2.05) is 0 Å². The van der Waals surface area contributed by atoms with Crippen molar-refractivity contribution < 1.29 is 4.39 Å². The predicted octanol–water partition coefficient (Wildman–Crippen LogP) is 4.57. The van der Waals surface area contributed by atoms with Crippen molar-refractivity contribution in [2.45, 2.75) is 51.0 Å². The van der Waals surface area contributed by atoms with Gasteiger partial charge in [-0.2, -0.15) is 0 Å². The molecule has 5 rings (SSSR count). The second-order valence-corrected chi connectivity index (χ2v) is 8.26. The number of hydrogen-bond donors (Lipinski definition) is 1. The number of rotatable bonds is 3. The fourth-order valence-corrected chi connectivity index (χ4v) is 5.98. The Bertz CT molecular complexity index is 521. The zero-order chi connectivity index (χ0) is 14.6. The van der Waals surface area contributed by atoms with Gasteiger partial charge in [0.25, 0.3) is 0 Å². The van der Waals surface area contributed by atoms with E-state index in [-0.39, 0.29) is 17.3 Å². The van der Waals surface area contributed by atoms with Gasteiger partial charge in [0.2, 0.25) is 0 Å². The molecule has 1 nitrogen and oxygen atoms in total. The number of benzene rings is 1. The van der Waals surface area contributed by atoms with Crippen molar-refractivity contribution in [3.05, 3.63) is 34.6 Å². The van der Waals surface area contributed by atoms with Gasteiger partial charge < -0.3 is 5.73 Å². The molecule has 1 atom stereocenters. The first-order valence-electron chi connectivity index (χ1n) is 8.23. The summed E-state index contributed by atoms with van der Waals surface area (Å²) in [6, 6.07) is 4.89. The quantitative estimate of drug-likeness (QED) is 0.870. The van der Waals surface area contributed by atoms with Gasteiger partial charge in [-0.15, -0.1) is 0 Å². The van der Waals surface area contributed by atoms with Crippen molar-refractivity contribution >= 4 is 11.6 Å². The summed E-state index contributed by atoms with van der Waals surface area (Å²) in [5.41, 5.74) is 7.57. The second-order valence-electron chi connectivity index (χ2n) is 7.83. The monoisotopic (exact) mass is 307 g/mol. The molecule has 0 saturated heterocycles. The van der Waals surface area contributed by atoms with Crippen LogP contribution in [0.5, 0.6) is 0 Å². The van der Waals surface area contributed by atoms with E-state index in [0.717, 1.165) is 17.8 Å². The Hall–Kier alpha value is -0.600. The highest BCUT2D eigenvalue weighted by atomic mass is 35.5. The third-order valence-electron chi connectivity index (χ3n) is 6.32. The Morgan fingerprint density at radius 1 is 1.14 bits per heavy atom. The Morgan fingerprint density at radius 3 is 2.29 bits per heavy atom. The first-order chi connectivity index (χ1) is 10.0. The molecule has 4 bridgehead atoms. The van der Waals surface area contributed by atoms with Crippen molar-refractivity contribution in [2.24, 2.45) is 28.9 Å². The molecule has 0 spiro atoms. The fourth-order valence-electron chi connectivity index (χ4n) is 5.78. The third-order valence-corrected chi connectivity index (χ3v) is 6.55. The molecule has 0 aromatic heterocycles. The van der Waals surface area contributed by atoms with E-state index >= 15 is 0 Å². The molecule has 1 unspecified atom stereocenters. The third kappa shape index (κ3) is 2.41. The van der Waals surface area contributed by atoms with Gasteiger partial charge in [0, 0.05) is 11.1 Å². The molecule has 4 saturated carbocycles. The van der Waals surface area contributed by atoms with E-state index < -0.39 is 0 Å². The highest BCUT2D eigenvalue weighted by Gasteiger charge is 2.53. The highest BCUT2D eigenvalue weighted by Crippen LogP contribution is 2.61. The lowest BCUT2D eigenvalue weighted by atomic mass is 9.47. The summed E-state index contributed by atoms with van der Waals surface area (Å²) in [5, 5.41) is 0.601. The number of halogens is 2. The standard InChI is InChI=1S/C18H23ClFN/c19-15-1-2-16(20)14(6-15)7-17(21)18-8-11-3-12(9-18)5-13(4-11)10-18/h1-2,6,11-13,17H,3-5,7-10,21H2. The van der Waals surface area contributed by atoms with Crippen molar-refractivity contribution in [3.8, 4) is 0 Å². The maximum atomic E-state index is 14.0. The van der Waals surface area contributed by atoms with Gasteiger partial charge in [0.05, 0.1) is 0 Å². The van der Waals surface area contributed by atoms with E-state index in [0.29, 0.717) is 17.0 Å². The maximum Gasteiger partial charge on any atom is 0.126 e. The summed E-state index contributed by atoms with van der Waals surface area (Å²) in [5.74, 6) is 2.48. The van der Waals surface area contributed by atoms with Gasteiger partial charge in [0.15, 0.2) is 0 Å². The molecule has 4 fully saturated rings. The van der Waals surface area contributed by atoms with Crippen LogP contribution in [0.3, 0.4) is 0 Å². The van der Waals surface area contributed by atoms with Gasteiger partial charge in [-0.1, -0.05) is 11.6 Å². The SMILES string of the molecule is NC(Cc1cc(Cl)ccc1F)C12CC3CC(CC(C3)C1)C2. The molecule has 0 radical (unpaired) electrons. The van der Waals surface area contributed by atoms with Gasteiger partial charge in [-0.05, 0) is 91.9 Å². The molecule has 21 heavy (non-hydrogen) atoms. The van der Waals surface area contributed by atoms with E-state index in [1.165, 1.54) is 44.6 Å². The van der Waals surface area contributed by atoms with Gasteiger partial charge in [-0.25, -0.2) is 4.39 Å². The van der Waals surface area contributed by atoms with Crippen LogP contribution in [0, 0.1) is 29.0 Å². The fraction of sp³-hybridized carbons (Fsp3) is 0.667. The van der Waals surface area contributed by atoms with Crippen molar-refractivity contribution in [2.75, 3.05) is 0 Å². The van der Waals surface area contributed by atoms with Gasteiger partial charge >= 0.3 is 0 Å². The second kappa shape index (κ2) is 4.96. The molecule has 4 aliphatic rings. The maximum absolute atomic E-state index is 14.0. The number of nitrogens with two attached hydrogens (primary N) is 1. The smallest absolute Gasteiger partial charge is 0.126 e. The minimum Gasteiger partial charge on any atom is -0.327 e. The number of hydrogen-bond acceptors (Lipinski definition) is 1. The minimum atomic E-state index is -0.167. The van der Waals surface area contributed by atoms with Crippen LogP contribution in [0.2, 0.25) is 5.02 Å². The zero-order valence-corrected chi connectivity index (χ0v) is 13.1. The van der Waals surface area contributed by atoms with E-state index in [1.54, 1.807) is 12.1 Å².